The molecule has 0 spiro atoms. The molecule has 2 fully saturated rings. The fraction of sp³-hybridized carbons (Fsp3) is 0.545. The van der Waals surface area contributed by atoms with Crippen molar-refractivity contribution in [2.45, 2.75) is 44.6 Å². The first kappa shape index (κ1) is 18.2. The van der Waals surface area contributed by atoms with Gasteiger partial charge in [-0.25, -0.2) is 0 Å². The first-order valence-electron chi connectivity index (χ1n) is 10.2. The number of carbonyl (C=O) groups is 1. The fourth-order valence-corrected chi connectivity index (χ4v) is 4.48. The number of piperidine rings is 1. The first-order chi connectivity index (χ1) is 13.2. The maximum atomic E-state index is 13.1. The average molecular weight is 367 g/mol. The van der Waals surface area contributed by atoms with Crippen LogP contribution in [0.25, 0.3) is 0 Å². The Hall–Kier alpha value is -2.14. The molecule has 2 aromatic rings. The number of amides is 1. The molecule has 0 radical (unpaired) electrons. The number of nitrogens with one attached hydrogen (secondary N) is 1. The minimum absolute atomic E-state index is 0.220. The molecule has 27 heavy (non-hydrogen) atoms. The van der Waals surface area contributed by atoms with E-state index >= 15 is 0 Å². The summed E-state index contributed by atoms with van der Waals surface area (Å²) in [6.45, 7) is 3.67. The predicted molar refractivity (Wildman–Crippen MR) is 107 cm³/mol. The Balaban J connectivity index is 1.35. The molecule has 3 heterocycles. The summed E-state index contributed by atoms with van der Waals surface area (Å²) in [7, 11) is 2.16. The number of likely N-dealkylation sites (tertiary alicyclic amines) is 1. The van der Waals surface area contributed by atoms with Crippen molar-refractivity contribution in [2.24, 2.45) is 5.92 Å². The van der Waals surface area contributed by atoms with Crippen LogP contribution < -0.4 is 0 Å². The van der Waals surface area contributed by atoms with Crippen LogP contribution in [0, 0.1) is 5.92 Å². The second-order valence-electron chi connectivity index (χ2n) is 8.25. The molecule has 1 saturated heterocycles. The van der Waals surface area contributed by atoms with Gasteiger partial charge in [-0.15, -0.1) is 0 Å². The minimum Gasteiger partial charge on any atom is -0.364 e. The Morgan fingerprint density at radius 1 is 1.30 bits per heavy atom. The van der Waals surface area contributed by atoms with Gasteiger partial charge in [0.05, 0.1) is 5.56 Å². The van der Waals surface area contributed by atoms with Crippen molar-refractivity contribution in [3.05, 3.63) is 53.6 Å². The van der Waals surface area contributed by atoms with Crippen LogP contribution in [0.15, 0.2) is 36.8 Å². The summed E-state index contributed by atoms with van der Waals surface area (Å²) in [6, 6.07) is 6.09. The summed E-state index contributed by atoms with van der Waals surface area (Å²) in [5.41, 5.74) is 3.31. The van der Waals surface area contributed by atoms with Crippen LogP contribution in [0.5, 0.6) is 0 Å². The van der Waals surface area contributed by atoms with Gasteiger partial charge < -0.3 is 14.8 Å². The lowest BCUT2D eigenvalue weighted by Gasteiger charge is -2.35. The summed E-state index contributed by atoms with van der Waals surface area (Å²) < 4.78 is 0. The first-order valence-corrected chi connectivity index (χ1v) is 10.2. The molecule has 1 N–H and O–H groups in total. The molecule has 1 amide bonds. The zero-order chi connectivity index (χ0) is 18.6. The van der Waals surface area contributed by atoms with Crippen LogP contribution in [-0.2, 0) is 6.54 Å². The zero-order valence-electron chi connectivity index (χ0n) is 16.2. The number of pyridine rings is 1. The number of rotatable bonds is 6. The Labute approximate surface area is 161 Å². The molecule has 1 aliphatic heterocycles. The third-order valence-electron chi connectivity index (χ3n) is 6.07. The van der Waals surface area contributed by atoms with E-state index in [2.05, 4.69) is 32.9 Å². The van der Waals surface area contributed by atoms with Crippen molar-refractivity contribution in [3.63, 3.8) is 0 Å². The van der Waals surface area contributed by atoms with Crippen molar-refractivity contribution < 1.29 is 4.79 Å². The van der Waals surface area contributed by atoms with E-state index < -0.39 is 0 Å². The van der Waals surface area contributed by atoms with Gasteiger partial charge in [-0.3, -0.25) is 9.78 Å². The highest BCUT2D eigenvalue weighted by atomic mass is 16.2. The molecule has 2 aromatic heterocycles. The highest BCUT2D eigenvalue weighted by molar-refractivity contribution is 5.95. The van der Waals surface area contributed by atoms with Crippen molar-refractivity contribution in [1.29, 1.82) is 0 Å². The van der Waals surface area contributed by atoms with E-state index in [0.29, 0.717) is 11.8 Å². The number of H-pyrrole nitrogens is 1. The van der Waals surface area contributed by atoms with Crippen LogP contribution in [-0.4, -0.2) is 52.4 Å². The molecule has 4 rings (SSSR count). The van der Waals surface area contributed by atoms with Crippen LogP contribution in [0.1, 0.15) is 59.6 Å². The molecule has 5 nitrogen and oxygen atoms in total. The molecule has 5 heteroatoms. The monoisotopic (exact) mass is 366 g/mol. The van der Waals surface area contributed by atoms with E-state index in [-0.39, 0.29) is 5.91 Å². The number of hydrogen-bond acceptors (Lipinski definition) is 3. The molecule has 1 unspecified atom stereocenters. The Bertz CT molecular complexity index is 753. The number of hydrogen-bond donors (Lipinski definition) is 1. The van der Waals surface area contributed by atoms with Crippen molar-refractivity contribution in [3.8, 4) is 0 Å². The van der Waals surface area contributed by atoms with Gasteiger partial charge in [-0.2, -0.15) is 0 Å². The lowest BCUT2D eigenvalue weighted by molar-refractivity contribution is 0.0644. The standard InChI is InChI=1S/C22H30N4O/c1-25(14-17-5-3-10-23-13-17)15-18-6-4-12-26(16-18)22(27)20-9-11-24-21(20)19-7-2-8-19/h3,5,9-11,13,18-19,24H,2,4,6-8,12,14-16H2,1H3. The van der Waals surface area contributed by atoms with E-state index in [4.69, 9.17) is 0 Å². The topological polar surface area (TPSA) is 52.2 Å². The summed E-state index contributed by atoms with van der Waals surface area (Å²) in [6.07, 6.45) is 11.7. The lowest BCUT2D eigenvalue weighted by atomic mass is 9.81. The lowest BCUT2D eigenvalue weighted by Crippen LogP contribution is -2.43. The van der Waals surface area contributed by atoms with Crippen molar-refractivity contribution >= 4 is 5.91 Å². The molecular formula is C22H30N4O. The summed E-state index contributed by atoms with van der Waals surface area (Å²) in [4.78, 5) is 25.1. The van der Waals surface area contributed by atoms with Gasteiger partial charge >= 0.3 is 0 Å². The zero-order valence-corrected chi connectivity index (χ0v) is 16.2. The van der Waals surface area contributed by atoms with Gasteiger partial charge in [0.25, 0.3) is 5.91 Å². The van der Waals surface area contributed by atoms with Crippen molar-refractivity contribution in [1.82, 2.24) is 19.8 Å². The maximum Gasteiger partial charge on any atom is 0.255 e. The number of carbonyl (C=O) groups excluding carboxylic acids is 1. The van der Waals surface area contributed by atoms with Gasteiger partial charge in [0.1, 0.15) is 0 Å². The SMILES string of the molecule is CN(Cc1cccnc1)CC1CCCN(C(=O)c2cc[nH]c2C2CCC2)C1. The van der Waals surface area contributed by atoms with Gasteiger partial charge in [0.2, 0.25) is 0 Å². The molecule has 1 aliphatic carbocycles. The minimum atomic E-state index is 0.220. The molecule has 2 aliphatic rings. The van der Waals surface area contributed by atoms with Gasteiger partial charge in [-0.05, 0) is 62.3 Å². The highest BCUT2D eigenvalue weighted by Gasteiger charge is 2.30. The number of aromatic nitrogens is 2. The van der Waals surface area contributed by atoms with E-state index in [1.807, 2.05) is 30.7 Å². The van der Waals surface area contributed by atoms with Gasteiger partial charge in [-0.1, -0.05) is 12.5 Å². The van der Waals surface area contributed by atoms with Crippen LogP contribution in [0.2, 0.25) is 0 Å². The van der Waals surface area contributed by atoms with Crippen molar-refractivity contribution in [2.75, 3.05) is 26.7 Å². The smallest absolute Gasteiger partial charge is 0.255 e. The molecular weight excluding hydrogens is 336 g/mol. The van der Waals surface area contributed by atoms with Crippen LogP contribution in [0.3, 0.4) is 0 Å². The summed E-state index contributed by atoms with van der Waals surface area (Å²) in [5, 5.41) is 0. The van der Waals surface area contributed by atoms with E-state index in [1.54, 1.807) is 0 Å². The van der Waals surface area contributed by atoms with Crippen LogP contribution >= 0.6 is 0 Å². The Morgan fingerprint density at radius 2 is 2.19 bits per heavy atom. The third-order valence-corrected chi connectivity index (χ3v) is 6.07. The maximum absolute atomic E-state index is 13.1. The number of nitrogens with zero attached hydrogens (tertiary/aromatic N) is 3. The molecule has 0 bridgehead atoms. The summed E-state index contributed by atoms with van der Waals surface area (Å²) >= 11 is 0. The fourth-order valence-electron chi connectivity index (χ4n) is 4.48. The molecule has 1 saturated carbocycles. The Kier molecular flexibility index (Phi) is 5.58. The van der Waals surface area contributed by atoms with Crippen LogP contribution in [0.4, 0.5) is 0 Å². The molecule has 144 valence electrons. The summed E-state index contributed by atoms with van der Waals surface area (Å²) in [5.74, 6) is 1.32. The highest BCUT2D eigenvalue weighted by Crippen LogP contribution is 2.37. The largest absolute Gasteiger partial charge is 0.364 e. The second-order valence-corrected chi connectivity index (χ2v) is 8.25. The second kappa shape index (κ2) is 8.26. The van der Waals surface area contributed by atoms with E-state index in [9.17, 15) is 4.79 Å². The molecule has 1 atom stereocenters. The Morgan fingerprint density at radius 3 is 2.93 bits per heavy atom. The normalized spacial score (nSPS) is 20.7. The third kappa shape index (κ3) is 4.24. The molecule has 0 aromatic carbocycles. The van der Waals surface area contributed by atoms with Gasteiger partial charge in [0.15, 0.2) is 0 Å². The average Bonchev–Trinajstić information content (AvgIpc) is 3.09. The van der Waals surface area contributed by atoms with E-state index in [1.165, 1.54) is 36.9 Å². The van der Waals surface area contributed by atoms with E-state index in [0.717, 1.165) is 38.2 Å². The van der Waals surface area contributed by atoms with Gasteiger partial charge in [0, 0.05) is 50.5 Å². The number of aromatic amines is 1. The quantitative estimate of drug-likeness (QED) is 0.849. The predicted octanol–water partition coefficient (Wildman–Crippen LogP) is 3.66.